The smallest absolute Gasteiger partial charge is 0.272 e. The van der Waals surface area contributed by atoms with Crippen LogP contribution in [0.3, 0.4) is 0 Å². The molecular formula is C16H18N4O3. The van der Waals surface area contributed by atoms with Crippen LogP contribution in [0.4, 0.5) is 0 Å². The third kappa shape index (κ3) is 3.74. The van der Waals surface area contributed by atoms with E-state index in [0.717, 1.165) is 12.8 Å². The molecule has 0 N–H and O–H groups in total. The average molecular weight is 314 g/mol. The van der Waals surface area contributed by atoms with Gasteiger partial charge in [0.15, 0.2) is 0 Å². The van der Waals surface area contributed by atoms with Gasteiger partial charge in [-0.1, -0.05) is 6.07 Å². The lowest BCUT2D eigenvalue weighted by atomic mass is 10.1. The number of hydrogen-bond acceptors (Lipinski definition) is 6. The molecule has 2 aromatic rings. The molecule has 1 aliphatic rings. The molecule has 0 unspecified atom stereocenters. The van der Waals surface area contributed by atoms with Gasteiger partial charge in [0.2, 0.25) is 11.8 Å². The molecule has 1 fully saturated rings. The van der Waals surface area contributed by atoms with Crippen molar-refractivity contribution in [1.29, 1.82) is 0 Å². The van der Waals surface area contributed by atoms with Gasteiger partial charge in [-0.15, -0.1) is 0 Å². The maximum atomic E-state index is 12.5. The Bertz CT molecular complexity index is 665. The van der Waals surface area contributed by atoms with E-state index in [4.69, 9.17) is 9.47 Å². The van der Waals surface area contributed by atoms with Crippen molar-refractivity contribution in [2.24, 2.45) is 0 Å². The zero-order valence-corrected chi connectivity index (χ0v) is 12.9. The zero-order chi connectivity index (χ0) is 16.1. The number of carbonyl (C=O) groups excluding carboxylic acids is 1. The number of amides is 1. The largest absolute Gasteiger partial charge is 0.480 e. The fourth-order valence-electron chi connectivity index (χ4n) is 2.53. The van der Waals surface area contributed by atoms with Crippen LogP contribution in [0.5, 0.6) is 11.8 Å². The van der Waals surface area contributed by atoms with Gasteiger partial charge in [-0.05, 0) is 25.0 Å². The number of rotatable bonds is 4. The van der Waals surface area contributed by atoms with Crippen molar-refractivity contribution in [1.82, 2.24) is 19.9 Å². The van der Waals surface area contributed by atoms with Gasteiger partial charge in [0.05, 0.1) is 26.0 Å². The average Bonchev–Trinajstić information content (AvgIpc) is 2.62. The number of hydrogen-bond donors (Lipinski definition) is 0. The third-order valence-corrected chi connectivity index (χ3v) is 3.64. The molecule has 1 saturated heterocycles. The summed E-state index contributed by atoms with van der Waals surface area (Å²) in [4.78, 5) is 26.6. The minimum absolute atomic E-state index is 0.0735. The van der Waals surface area contributed by atoms with E-state index in [0.29, 0.717) is 30.5 Å². The number of piperidine rings is 1. The Morgan fingerprint density at radius 3 is 2.96 bits per heavy atom. The molecule has 0 bridgehead atoms. The molecule has 0 radical (unpaired) electrons. The Morgan fingerprint density at radius 1 is 1.30 bits per heavy atom. The second kappa shape index (κ2) is 7.04. The number of aromatic nitrogens is 3. The van der Waals surface area contributed by atoms with Crippen LogP contribution in [0, 0.1) is 0 Å². The van der Waals surface area contributed by atoms with Gasteiger partial charge in [0.25, 0.3) is 5.91 Å². The van der Waals surface area contributed by atoms with E-state index in [1.54, 1.807) is 29.4 Å². The van der Waals surface area contributed by atoms with Crippen LogP contribution in [0.25, 0.3) is 0 Å². The minimum atomic E-state index is -0.113. The Balaban J connectivity index is 1.65. The Kier molecular flexibility index (Phi) is 4.65. The molecule has 0 saturated carbocycles. The summed E-state index contributed by atoms with van der Waals surface area (Å²) in [6.45, 7) is 1.22. The van der Waals surface area contributed by atoms with Gasteiger partial charge < -0.3 is 14.4 Å². The van der Waals surface area contributed by atoms with Gasteiger partial charge in [-0.25, -0.2) is 0 Å². The Morgan fingerprint density at radius 2 is 2.17 bits per heavy atom. The molecule has 23 heavy (non-hydrogen) atoms. The summed E-state index contributed by atoms with van der Waals surface area (Å²) in [5, 5.41) is 0. The lowest BCUT2D eigenvalue weighted by molar-refractivity contribution is 0.0520. The molecule has 120 valence electrons. The molecule has 0 spiro atoms. The molecular weight excluding hydrogens is 296 g/mol. The molecule has 1 amide bonds. The van der Waals surface area contributed by atoms with Crippen LogP contribution in [-0.2, 0) is 0 Å². The summed E-state index contributed by atoms with van der Waals surface area (Å²) in [5.41, 5.74) is 0.453. The number of nitrogens with zero attached hydrogens (tertiary/aromatic N) is 4. The summed E-state index contributed by atoms with van der Waals surface area (Å²) in [5.74, 6) is 0.733. The summed E-state index contributed by atoms with van der Waals surface area (Å²) < 4.78 is 10.9. The zero-order valence-electron chi connectivity index (χ0n) is 12.9. The van der Waals surface area contributed by atoms with Crippen molar-refractivity contribution in [3.05, 3.63) is 42.5 Å². The molecule has 7 nitrogen and oxygen atoms in total. The van der Waals surface area contributed by atoms with Crippen LogP contribution in [0.2, 0.25) is 0 Å². The number of likely N-dealkylation sites (tertiary alicyclic amines) is 1. The van der Waals surface area contributed by atoms with E-state index in [1.807, 2.05) is 6.07 Å². The maximum Gasteiger partial charge on any atom is 0.272 e. The first-order valence-corrected chi connectivity index (χ1v) is 7.49. The first-order valence-electron chi connectivity index (χ1n) is 7.49. The van der Waals surface area contributed by atoms with Crippen LogP contribution in [0.15, 0.2) is 36.8 Å². The van der Waals surface area contributed by atoms with Gasteiger partial charge in [-0.2, -0.15) is 4.98 Å². The van der Waals surface area contributed by atoms with Gasteiger partial charge >= 0.3 is 0 Å². The predicted octanol–water partition coefficient (Wildman–Crippen LogP) is 1.56. The Labute approximate surface area is 134 Å². The number of methoxy groups -OCH3 is 1. The quantitative estimate of drug-likeness (QED) is 0.852. The van der Waals surface area contributed by atoms with Crippen LogP contribution >= 0.6 is 0 Å². The summed E-state index contributed by atoms with van der Waals surface area (Å²) >= 11 is 0. The monoisotopic (exact) mass is 314 g/mol. The second-order valence-electron chi connectivity index (χ2n) is 5.25. The first-order chi connectivity index (χ1) is 11.3. The van der Waals surface area contributed by atoms with Crippen LogP contribution < -0.4 is 9.47 Å². The standard InChI is InChI=1S/C16H18N4O3/c1-22-14-9-17-10-15(19-14)23-12-5-4-8-20(11-12)16(21)13-6-2-3-7-18-13/h2-3,6-7,9-10,12H,4-5,8,11H2,1H3/t12-/m1/s1. The molecule has 0 aliphatic carbocycles. The van der Waals surface area contributed by atoms with Gasteiger partial charge in [0, 0.05) is 12.7 Å². The number of pyridine rings is 1. The van der Waals surface area contributed by atoms with E-state index in [1.165, 1.54) is 13.3 Å². The highest BCUT2D eigenvalue weighted by Gasteiger charge is 2.26. The van der Waals surface area contributed by atoms with E-state index >= 15 is 0 Å². The lowest BCUT2D eigenvalue weighted by Gasteiger charge is -2.32. The molecule has 1 atom stereocenters. The van der Waals surface area contributed by atoms with Gasteiger partial charge in [-0.3, -0.25) is 14.8 Å². The fourth-order valence-corrected chi connectivity index (χ4v) is 2.53. The summed E-state index contributed by atoms with van der Waals surface area (Å²) in [6.07, 6.45) is 6.31. The van der Waals surface area contributed by atoms with Gasteiger partial charge in [0.1, 0.15) is 11.8 Å². The lowest BCUT2D eigenvalue weighted by Crippen LogP contribution is -2.44. The van der Waals surface area contributed by atoms with Crippen LogP contribution in [-0.4, -0.2) is 52.1 Å². The van der Waals surface area contributed by atoms with E-state index < -0.39 is 0 Å². The fraction of sp³-hybridized carbons (Fsp3) is 0.375. The van der Waals surface area contributed by atoms with Crippen molar-refractivity contribution in [3.63, 3.8) is 0 Å². The Hall–Kier alpha value is -2.70. The van der Waals surface area contributed by atoms with Crippen molar-refractivity contribution in [2.75, 3.05) is 20.2 Å². The van der Waals surface area contributed by atoms with Crippen molar-refractivity contribution < 1.29 is 14.3 Å². The normalized spacial score (nSPS) is 17.6. The highest BCUT2D eigenvalue weighted by Crippen LogP contribution is 2.19. The first kappa shape index (κ1) is 15.2. The summed E-state index contributed by atoms with van der Waals surface area (Å²) in [6, 6.07) is 5.32. The highest BCUT2D eigenvalue weighted by molar-refractivity contribution is 5.92. The van der Waals surface area contributed by atoms with Crippen molar-refractivity contribution in [3.8, 4) is 11.8 Å². The molecule has 3 heterocycles. The number of ether oxygens (including phenoxy) is 2. The molecule has 0 aromatic carbocycles. The topological polar surface area (TPSA) is 77.4 Å². The SMILES string of the molecule is COc1cncc(O[C@@H]2CCCN(C(=O)c3ccccn3)C2)n1. The van der Waals surface area contributed by atoms with Crippen molar-refractivity contribution in [2.45, 2.75) is 18.9 Å². The molecule has 2 aromatic heterocycles. The van der Waals surface area contributed by atoms with E-state index in [2.05, 4.69) is 15.0 Å². The third-order valence-electron chi connectivity index (χ3n) is 3.64. The van der Waals surface area contributed by atoms with E-state index in [-0.39, 0.29) is 12.0 Å². The molecule has 1 aliphatic heterocycles. The minimum Gasteiger partial charge on any atom is -0.480 e. The van der Waals surface area contributed by atoms with Crippen molar-refractivity contribution >= 4 is 5.91 Å². The highest BCUT2D eigenvalue weighted by atomic mass is 16.5. The van der Waals surface area contributed by atoms with Crippen LogP contribution in [0.1, 0.15) is 23.3 Å². The molecule has 7 heteroatoms. The second-order valence-corrected chi connectivity index (χ2v) is 5.25. The molecule has 3 rings (SSSR count). The van der Waals surface area contributed by atoms with E-state index in [9.17, 15) is 4.79 Å². The predicted molar refractivity (Wildman–Crippen MR) is 82.4 cm³/mol. The summed E-state index contributed by atoms with van der Waals surface area (Å²) in [7, 11) is 1.53. The number of carbonyl (C=O) groups is 1. The maximum absolute atomic E-state index is 12.5.